The Morgan fingerprint density at radius 2 is 1.51 bits per heavy atom. The Kier molecular flexibility index (Phi) is 12.1. The van der Waals surface area contributed by atoms with Gasteiger partial charge in [0.15, 0.2) is 6.10 Å². The van der Waals surface area contributed by atoms with Crippen LogP contribution in [0.5, 0.6) is 11.5 Å². The van der Waals surface area contributed by atoms with Crippen molar-refractivity contribution in [3.05, 3.63) is 95.8 Å². The second-order valence-corrected chi connectivity index (χ2v) is 8.77. The lowest BCUT2D eigenvalue weighted by atomic mass is 10.1. The maximum Gasteiger partial charge on any atom is 0.333 e. The van der Waals surface area contributed by atoms with E-state index >= 15 is 0 Å². The molecule has 0 saturated carbocycles. The summed E-state index contributed by atoms with van der Waals surface area (Å²) < 4.78 is 29.9. The van der Waals surface area contributed by atoms with Gasteiger partial charge >= 0.3 is 12.0 Å². The van der Waals surface area contributed by atoms with Gasteiger partial charge in [-0.05, 0) is 60.9 Å². The monoisotopic (exact) mass is 538 g/mol. The Balaban J connectivity index is 1.50. The van der Waals surface area contributed by atoms with Gasteiger partial charge in [0.05, 0.1) is 13.2 Å². The van der Waals surface area contributed by atoms with Gasteiger partial charge in [-0.2, -0.15) is 0 Å². The number of aliphatic carboxylic acids is 1. The number of benzene rings is 3. The van der Waals surface area contributed by atoms with Gasteiger partial charge in [-0.15, -0.1) is 0 Å². The first-order chi connectivity index (χ1) is 18.9. The molecule has 0 saturated heterocycles. The minimum atomic E-state index is -0.995. The molecule has 8 nitrogen and oxygen atoms in total. The normalized spacial score (nSPS) is 11.4. The molecular formula is C30H35FN2O6. The van der Waals surface area contributed by atoms with Crippen LogP contribution in [0, 0.1) is 5.82 Å². The summed E-state index contributed by atoms with van der Waals surface area (Å²) in [5, 5.41) is 12.2. The second-order valence-electron chi connectivity index (χ2n) is 8.77. The van der Waals surface area contributed by atoms with Gasteiger partial charge in [0.1, 0.15) is 23.9 Å². The van der Waals surface area contributed by atoms with Crippen LogP contribution in [0.2, 0.25) is 0 Å². The largest absolute Gasteiger partial charge is 0.494 e. The first kappa shape index (κ1) is 29.4. The molecule has 2 N–H and O–H groups in total. The highest BCUT2D eigenvalue weighted by Gasteiger charge is 2.18. The summed E-state index contributed by atoms with van der Waals surface area (Å²) in [6.07, 6.45) is -0.0504. The minimum absolute atomic E-state index is 0.213. The summed E-state index contributed by atoms with van der Waals surface area (Å²) in [5.41, 5.74) is 1.82. The molecule has 0 aliphatic heterocycles. The molecule has 0 bridgehead atoms. The number of rotatable bonds is 16. The van der Waals surface area contributed by atoms with E-state index in [0.29, 0.717) is 50.8 Å². The van der Waals surface area contributed by atoms with Crippen molar-refractivity contribution in [2.45, 2.75) is 32.4 Å². The lowest BCUT2D eigenvalue weighted by Crippen LogP contribution is -2.42. The SMILES string of the molecule is CCOC(Cc1ccc(OCCN(CCCOc2ccc(F)cc2)C(=O)NCc2ccccc2)cc1)C(=O)O. The van der Waals surface area contributed by atoms with Gasteiger partial charge in [0, 0.05) is 26.1 Å². The fraction of sp³-hybridized carbons (Fsp3) is 0.333. The van der Waals surface area contributed by atoms with Crippen molar-refractivity contribution in [1.29, 1.82) is 0 Å². The van der Waals surface area contributed by atoms with Crippen molar-refractivity contribution in [3.8, 4) is 11.5 Å². The predicted molar refractivity (Wildman–Crippen MR) is 145 cm³/mol. The third-order valence-electron chi connectivity index (χ3n) is 5.85. The fourth-order valence-electron chi connectivity index (χ4n) is 3.80. The standard InChI is InChI=1S/C30H35FN2O6/c1-2-37-28(29(34)35)21-23-9-13-26(14-10-23)39-20-18-33(30(36)32-22-24-7-4-3-5-8-24)17-6-19-38-27-15-11-25(31)12-16-27/h3-5,7-16,28H,2,6,17-22H2,1H3,(H,32,36)(H,34,35). The highest BCUT2D eigenvalue weighted by Crippen LogP contribution is 2.15. The van der Waals surface area contributed by atoms with Gasteiger partial charge in [-0.3, -0.25) is 0 Å². The molecule has 2 amide bonds. The van der Waals surface area contributed by atoms with E-state index in [1.165, 1.54) is 12.1 Å². The Morgan fingerprint density at radius 3 is 2.15 bits per heavy atom. The number of urea groups is 1. The summed E-state index contributed by atoms with van der Waals surface area (Å²) in [5.74, 6) is -0.135. The molecule has 3 aromatic rings. The smallest absolute Gasteiger partial charge is 0.333 e. The lowest BCUT2D eigenvalue weighted by Gasteiger charge is -2.23. The van der Waals surface area contributed by atoms with Crippen LogP contribution in [-0.2, 0) is 22.5 Å². The van der Waals surface area contributed by atoms with Gasteiger partial charge in [-0.1, -0.05) is 42.5 Å². The molecule has 0 aliphatic rings. The molecule has 0 fully saturated rings. The molecular weight excluding hydrogens is 503 g/mol. The van der Waals surface area contributed by atoms with Gasteiger partial charge < -0.3 is 29.5 Å². The number of amides is 2. The number of ether oxygens (including phenoxy) is 3. The molecule has 3 rings (SSSR count). The van der Waals surface area contributed by atoms with E-state index in [-0.39, 0.29) is 24.9 Å². The molecule has 1 atom stereocenters. The first-order valence-corrected chi connectivity index (χ1v) is 13.0. The number of carbonyl (C=O) groups excluding carboxylic acids is 1. The molecule has 3 aromatic carbocycles. The van der Waals surface area contributed by atoms with Crippen LogP contribution in [0.15, 0.2) is 78.9 Å². The number of hydrogen-bond donors (Lipinski definition) is 2. The van der Waals surface area contributed by atoms with E-state index in [4.69, 9.17) is 14.2 Å². The Hall–Kier alpha value is -4.11. The van der Waals surface area contributed by atoms with Crippen molar-refractivity contribution in [2.24, 2.45) is 0 Å². The third kappa shape index (κ3) is 10.6. The van der Waals surface area contributed by atoms with Crippen LogP contribution in [0.3, 0.4) is 0 Å². The van der Waals surface area contributed by atoms with Crippen LogP contribution in [-0.4, -0.2) is 61.0 Å². The molecule has 39 heavy (non-hydrogen) atoms. The number of nitrogens with zero attached hydrogens (tertiary/aromatic N) is 1. The zero-order valence-electron chi connectivity index (χ0n) is 22.1. The quantitative estimate of drug-likeness (QED) is 0.251. The number of carboxylic acid groups (broad SMARTS) is 1. The third-order valence-corrected chi connectivity index (χ3v) is 5.85. The molecule has 208 valence electrons. The first-order valence-electron chi connectivity index (χ1n) is 13.0. The molecule has 0 spiro atoms. The van der Waals surface area contributed by atoms with Gasteiger partial charge in [-0.25, -0.2) is 14.0 Å². The lowest BCUT2D eigenvalue weighted by molar-refractivity contribution is -0.149. The topological polar surface area (TPSA) is 97.3 Å². The Labute approximate surface area is 228 Å². The van der Waals surface area contributed by atoms with Gasteiger partial charge in [0.2, 0.25) is 0 Å². The summed E-state index contributed by atoms with van der Waals surface area (Å²) in [6, 6.07) is 22.4. The maximum absolute atomic E-state index is 13.1. The zero-order valence-corrected chi connectivity index (χ0v) is 22.1. The van der Waals surface area contributed by atoms with Crippen molar-refractivity contribution in [1.82, 2.24) is 10.2 Å². The summed E-state index contributed by atoms with van der Waals surface area (Å²) in [4.78, 5) is 25.9. The predicted octanol–water partition coefficient (Wildman–Crippen LogP) is 4.92. The molecule has 0 heterocycles. The van der Waals surface area contributed by atoms with E-state index in [1.807, 2.05) is 30.3 Å². The van der Waals surface area contributed by atoms with Crippen LogP contribution >= 0.6 is 0 Å². The maximum atomic E-state index is 13.1. The Bertz CT molecular complexity index is 1140. The summed E-state index contributed by atoms with van der Waals surface area (Å²) >= 11 is 0. The second kappa shape index (κ2) is 16.0. The number of halogens is 1. The molecule has 1 unspecified atom stereocenters. The highest BCUT2D eigenvalue weighted by atomic mass is 19.1. The van der Waals surface area contributed by atoms with E-state index in [0.717, 1.165) is 11.1 Å². The van der Waals surface area contributed by atoms with Crippen molar-refractivity contribution >= 4 is 12.0 Å². The fourth-order valence-corrected chi connectivity index (χ4v) is 3.80. The molecule has 9 heteroatoms. The molecule has 0 radical (unpaired) electrons. The average Bonchev–Trinajstić information content (AvgIpc) is 2.95. The van der Waals surface area contributed by atoms with Crippen LogP contribution in [0.4, 0.5) is 9.18 Å². The van der Waals surface area contributed by atoms with Crippen molar-refractivity contribution in [3.63, 3.8) is 0 Å². The highest BCUT2D eigenvalue weighted by molar-refractivity contribution is 5.74. The van der Waals surface area contributed by atoms with Crippen molar-refractivity contribution < 1.29 is 33.3 Å². The Morgan fingerprint density at radius 1 is 0.872 bits per heavy atom. The van der Waals surface area contributed by atoms with Gasteiger partial charge in [0.25, 0.3) is 0 Å². The van der Waals surface area contributed by atoms with E-state index in [1.54, 1.807) is 48.2 Å². The van der Waals surface area contributed by atoms with E-state index in [9.17, 15) is 19.1 Å². The molecule has 0 aliphatic carbocycles. The van der Waals surface area contributed by atoms with Crippen LogP contribution in [0.1, 0.15) is 24.5 Å². The van der Waals surface area contributed by atoms with Crippen molar-refractivity contribution in [2.75, 3.05) is 32.9 Å². The number of hydrogen-bond acceptors (Lipinski definition) is 5. The summed E-state index contributed by atoms with van der Waals surface area (Å²) in [6.45, 7) is 3.93. The van der Waals surface area contributed by atoms with Crippen LogP contribution in [0.25, 0.3) is 0 Å². The zero-order chi connectivity index (χ0) is 27.9. The minimum Gasteiger partial charge on any atom is -0.494 e. The number of carbonyl (C=O) groups is 2. The van der Waals surface area contributed by atoms with E-state index in [2.05, 4.69) is 5.32 Å². The average molecular weight is 539 g/mol. The number of carboxylic acids is 1. The summed E-state index contributed by atoms with van der Waals surface area (Å²) in [7, 11) is 0. The van der Waals surface area contributed by atoms with Crippen LogP contribution < -0.4 is 14.8 Å². The molecule has 0 aromatic heterocycles. The van der Waals surface area contributed by atoms with E-state index < -0.39 is 12.1 Å². The number of nitrogens with one attached hydrogen (secondary N) is 1.